The molecule has 0 N–H and O–H groups in total. The summed E-state index contributed by atoms with van der Waals surface area (Å²) < 4.78 is 8.18. The topological polar surface area (TPSA) is 52.8 Å². The fourth-order valence-corrected chi connectivity index (χ4v) is 2.87. The average molecular weight is 368 g/mol. The van der Waals surface area contributed by atoms with Crippen LogP contribution in [0.1, 0.15) is 11.4 Å². The Kier molecular flexibility index (Phi) is 3.59. The van der Waals surface area contributed by atoms with Gasteiger partial charge in [-0.15, -0.1) is 5.10 Å². The van der Waals surface area contributed by atoms with Crippen LogP contribution in [0.25, 0.3) is 16.6 Å². The van der Waals surface area contributed by atoms with Gasteiger partial charge >= 0.3 is 0 Å². The van der Waals surface area contributed by atoms with Crippen molar-refractivity contribution in [1.82, 2.24) is 20.0 Å². The molecule has 5 nitrogen and oxygen atoms in total. The highest BCUT2D eigenvalue weighted by atomic mass is 79.9. The highest BCUT2D eigenvalue weighted by Crippen LogP contribution is 2.31. The van der Waals surface area contributed by atoms with Gasteiger partial charge in [0.25, 0.3) is 0 Å². The molecule has 0 amide bonds. The van der Waals surface area contributed by atoms with E-state index in [2.05, 4.69) is 31.2 Å². The summed E-state index contributed by atoms with van der Waals surface area (Å²) in [5, 5.41) is 13.8. The molecule has 1 aromatic carbocycles. The minimum atomic E-state index is 0.300. The van der Waals surface area contributed by atoms with Crippen molar-refractivity contribution in [2.45, 2.75) is 13.8 Å². The van der Waals surface area contributed by atoms with Crippen LogP contribution in [0.15, 0.2) is 22.7 Å². The quantitative estimate of drug-likeness (QED) is 0.690. The van der Waals surface area contributed by atoms with Gasteiger partial charge in [-0.2, -0.15) is 10.2 Å². The van der Waals surface area contributed by atoms with Gasteiger partial charge in [0.15, 0.2) is 5.15 Å². The fraction of sp³-hybridized carbons (Fsp3) is 0.214. The summed E-state index contributed by atoms with van der Waals surface area (Å²) in [4.78, 5) is 0. The van der Waals surface area contributed by atoms with Crippen molar-refractivity contribution in [3.63, 3.8) is 0 Å². The number of hydrogen-bond acceptors (Lipinski definition) is 4. The van der Waals surface area contributed by atoms with E-state index in [0.717, 1.165) is 32.7 Å². The molecule has 0 fully saturated rings. The Morgan fingerprint density at radius 3 is 2.67 bits per heavy atom. The van der Waals surface area contributed by atoms with Crippen LogP contribution in [0.4, 0.5) is 0 Å². The summed E-state index contributed by atoms with van der Waals surface area (Å²) in [6, 6.07) is 5.77. The molecule has 0 aliphatic heterocycles. The molecule has 0 aliphatic carbocycles. The molecule has 0 radical (unpaired) electrons. The number of methoxy groups -OCH3 is 1. The van der Waals surface area contributed by atoms with Gasteiger partial charge < -0.3 is 4.74 Å². The van der Waals surface area contributed by atoms with Gasteiger partial charge in [0.1, 0.15) is 17.0 Å². The molecule has 7 heteroatoms. The van der Waals surface area contributed by atoms with Crippen LogP contribution in [0, 0.1) is 13.8 Å². The first-order valence-corrected chi connectivity index (χ1v) is 7.42. The van der Waals surface area contributed by atoms with Crippen molar-refractivity contribution >= 4 is 38.4 Å². The lowest BCUT2D eigenvalue weighted by Gasteiger charge is -2.10. The van der Waals surface area contributed by atoms with E-state index in [9.17, 15) is 0 Å². The van der Waals surface area contributed by atoms with Crippen LogP contribution in [0.5, 0.6) is 5.75 Å². The Morgan fingerprint density at radius 2 is 2.00 bits per heavy atom. The van der Waals surface area contributed by atoms with Crippen molar-refractivity contribution in [3.8, 4) is 11.4 Å². The molecule has 0 aliphatic rings. The zero-order valence-electron chi connectivity index (χ0n) is 11.7. The monoisotopic (exact) mass is 366 g/mol. The van der Waals surface area contributed by atoms with Gasteiger partial charge in [0.2, 0.25) is 0 Å². The van der Waals surface area contributed by atoms with Crippen molar-refractivity contribution in [2.75, 3.05) is 7.11 Å². The molecule has 3 rings (SSSR count). The largest absolute Gasteiger partial charge is 0.494 e. The smallest absolute Gasteiger partial charge is 0.179 e. The van der Waals surface area contributed by atoms with E-state index >= 15 is 0 Å². The van der Waals surface area contributed by atoms with E-state index in [1.807, 2.05) is 32.0 Å². The Hall–Kier alpha value is -1.66. The molecule has 108 valence electrons. The first kappa shape index (κ1) is 14.3. The van der Waals surface area contributed by atoms with Gasteiger partial charge in [0, 0.05) is 9.86 Å². The normalized spacial score (nSPS) is 11.1. The second kappa shape index (κ2) is 5.27. The van der Waals surface area contributed by atoms with E-state index < -0.39 is 0 Å². The zero-order valence-corrected chi connectivity index (χ0v) is 14.0. The molecule has 0 bridgehead atoms. The molecule has 0 saturated carbocycles. The summed E-state index contributed by atoms with van der Waals surface area (Å²) in [5.41, 5.74) is 3.23. The Balaban J connectivity index is 2.34. The summed E-state index contributed by atoms with van der Waals surface area (Å²) in [6.45, 7) is 3.87. The lowest BCUT2D eigenvalue weighted by molar-refractivity contribution is 0.411. The van der Waals surface area contributed by atoms with E-state index in [1.54, 1.807) is 11.8 Å². The second-order valence-corrected chi connectivity index (χ2v) is 5.89. The van der Waals surface area contributed by atoms with Crippen LogP contribution in [-0.4, -0.2) is 27.1 Å². The van der Waals surface area contributed by atoms with Gasteiger partial charge in [-0.3, -0.25) is 0 Å². The molecule has 0 saturated heterocycles. The first-order valence-electron chi connectivity index (χ1n) is 6.25. The molecule has 21 heavy (non-hydrogen) atoms. The minimum Gasteiger partial charge on any atom is -0.494 e. The average Bonchev–Trinajstić information content (AvgIpc) is 2.82. The highest BCUT2D eigenvalue weighted by Gasteiger charge is 2.17. The molecule has 0 atom stereocenters. The number of ether oxygens (including phenoxy) is 1. The van der Waals surface area contributed by atoms with Crippen LogP contribution < -0.4 is 4.74 Å². The van der Waals surface area contributed by atoms with Crippen LogP contribution in [-0.2, 0) is 0 Å². The molecule has 2 heterocycles. The fourth-order valence-electron chi connectivity index (χ4n) is 2.36. The molecule has 0 spiro atoms. The maximum Gasteiger partial charge on any atom is 0.179 e. The number of nitrogens with zero attached hydrogens (tertiary/aromatic N) is 4. The number of rotatable bonds is 2. The van der Waals surface area contributed by atoms with Crippen LogP contribution >= 0.6 is 27.5 Å². The molecule has 3 aromatic rings. The summed E-state index contributed by atoms with van der Waals surface area (Å²) >= 11 is 9.55. The predicted octanol–water partition coefficient (Wildman–Crippen LogP) is 3.86. The minimum absolute atomic E-state index is 0.300. The second-order valence-electron chi connectivity index (χ2n) is 4.61. The van der Waals surface area contributed by atoms with Crippen molar-refractivity contribution in [3.05, 3.63) is 39.2 Å². The number of aromatic nitrogens is 4. The third kappa shape index (κ3) is 2.28. The highest BCUT2D eigenvalue weighted by molar-refractivity contribution is 9.10. The SMILES string of the molecule is COc1cc(Br)ccc1-n1nc2c(Cl)nnc(C)c2c1C. The van der Waals surface area contributed by atoms with Gasteiger partial charge in [-0.1, -0.05) is 27.5 Å². The molecular formula is C14H12BrClN4O. The summed E-state index contributed by atoms with van der Waals surface area (Å²) in [6.07, 6.45) is 0. The van der Waals surface area contributed by atoms with E-state index in [4.69, 9.17) is 16.3 Å². The Labute approximate surface area is 135 Å². The molecular weight excluding hydrogens is 356 g/mol. The van der Waals surface area contributed by atoms with Gasteiger partial charge in [-0.05, 0) is 32.0 Å². The molecule has 0 unspecified atom stereocenters. The van der Waals surface area contributed by atoms with Gasteiger partial charge in [-0.25, -0.2) is 4.68 Å². The summed E-state index contributed by atoms with van der Waals surface area (Å²) in [5.74, 6) is 0.718. The van der Waals surface area contributed by atoms with Crippen LogP contribution in [0.3, 0.4) is 0 Å². The van der Waals surface area contributed by atoms with Crippen molar-refractivity contribution < 1.29 is 4.74 Å². The third-order valence-corrected chi connectivity index (χ3v) is 4.08. The number of hydrogen-bond donors (Lipinski definition) is 0. The maximum absolute atomic E-state index is 6.11. The van der Waals surface area contributed by atoms with Crippen molar-refractivity contribution in [2.24, 2.45) is 0 Å². The number of benzene rings is 1. The van der Waals surface area contributed by atoms with Gasteiger partial charge in [0.05, 0.1) is 18.5 Å². The van der Waals surface area contributed by atoms with Crippen LogP contribution in [0.2, 0.25) is 5.15 Å². The Bertz CT molecular complexity index is 847. The van der Waals surface area contributed by atoms with E-state index in [0.29, 0.717) is 10.7 Å². The number of fused-ring (bicyclic) bond motifs is 1. The summed E-state index contributed by atoms with van der Waals surface area (Å²) in [7, 11) is 1.63. The third-order valence-electron chi connectivity index (χ3n) is 3.33. The first-order chi connectivity index (χ1) is 10.0. The van der Waals surface area contributed by atoms with E-state index in [1.165, 1.54) is 0 Å². The molecule has 2 aromatic heterocycles. The maximum atomic E-state index is 6.11. The lowest BCUT2D eigenvalue weighted by Crippen LogP contribution is -2.01. The predicted molar refractivity (Wildman–Crippen MR) is 85.4 cm³/mol. The van der Waals surface area contributed by atoms with E-state index in [-0.39, 0.29) is 0 Å². The standard InChI is InChI=1S/C14H12BrClN4O/c1-7-12-8(2)20(19-13(12)14(16)18-17-7)10-5-4-9(15)6-11(10)21-3/h4-6H,1-3H3. The lowest BCUT2D eigenvalue weighted by atomic mass is 10.2. The van der Waals surface area contributed by atoms with Crippen molar-refractivity contribution in [1.29, 1.82) is 0 Å². The zero-order chi connectivity index (χ0) is 15.1. The number of aryl methyl sites for hydroxylation is 2. The Morgan fingerprint density at radius 1 is 1.24 bits per heavy atom. The number of halogens is 2.